The van der Waals surface area contributed by atoms with E-state index in [0.717, 1.165) is 25.0 Å². The zero-order chi connectivity index (χ0) is 15.5. The third-order valence-corrected chi connectivity index (χ3v) is 5.78. The van der Waals surface area contributed by atoms with Crippen LogP contribution in [0.25, 0.3) is 0 Å². The minimum absolute atomic E-state index is 0.436. The lowest BCUT2D eigenvalue weighted by molar-refractivity contribution is 0.0186. The Balaban J connectivity index is 1.95. The van der Waals surface area contributed by atoms with Crippen molar-refractivity contribution in [3.63, 3.8) is 0 Å². The third-order valence-electron chi connectivity index (χ3n) is 5.78. The molecule has 0 spiro atoms. The van der Waals surface area contributed by atoms with Gasteiger partial charge in [-0.1, -0.05) is 20.8 Å². The summed E-state index contributed by atoms with van der Waals surface area (Å²) in [6.45, 7) is 10.3. The van der Waals surface area contributed by atoms with E-state index in [0.29, 0.717) is 17.5 Å². The second-order valence-electron chi connectivity index (χ2n) is 8.36. The van der Waals surface area contributed by atoms with E-state index in [1.165, 1.54) is 38.6 Å². The van der Waals surface area contributed by atoms with Crippen LogP contribution in [0.4, 0.5) is 0 Å². The summed E-state index contributed by atoms with van der Waals surface area (Å²) >= 11 is 0. The number of hydrogen-bond donors (Lipinski definition) is 1. The van der Waals surface area contributed by atoms with Gasteiger partial charge in [0.25, 0.3) is 0 Å². The van der Waals surface area contributed by atoms with Crippen LogP contribution in [0.15, 0.2) is 0 Å². The third kappa shape index (κ3) is 4.67. The first-order valence-corrected chi connectivity index (χ1v) is 8.87. The van der Waals surface area contributed by atoms with Gasteiger partial charge in [-0.05, 0) is 63.5 Å². The molecule has 2 fully saturated rings. The maximum atomic E-state index is 5.66. The van der Waals surface area contributed by atoms with E-state index in [1.807, 2.05) is 0 Å². The van der Waals surface area contributed by atoms with Gasteiger partial charge in [0, 0.05) is 25.2 Å². The van der Waals surface area contributed by atoms with Gasteiger partial charge in [0.15, 0.2) is 0 Å². The average Bonchev–Trinajstić information content (AvgIpc) is 2.46. The first-order valence-electron chi connectivity index (χ1n) is 8.87. The molecule has 1 saturated heterocycles. The van der Waals surface area contributed by atoms with Crippen molar-refractivity contribution in [2.75, 3.05) is 33.9 Å². The molecule has 1 aliphatic carbocycles. The van der Waals surface area contributed by atoms with Crippen molar-refractivity contribution < 1.29 is 4.74 Å². The molecule has 1 N–H and O–H groups in total. The highest BCUT2D eigenvalue weighted by atomic mass is 16.5. The molecule has 0 aromatic rings. The van der Waals surface area contributed by atoms with Gasteiger partial charge in [0.05, 0.1) is 6.61 Å². The van der Waals surface area contributed by atoms with E-state index in [9.17, 15) is 0 Å². The summed E-state index contributed by atoms with van der Waals surface area (Å²) in [5.74, 6) is 1.58. The summed E-state index contributed by atoms with van der Waals surface area (Å²) < 4.78 is 5.66. The van der Waals surface area contributed by atoms with Crippen LogP contribution in [0.5, 0.6) is 0 Å². The Morgan fingerprint density at radius 2 is 1.95 bits per heavy atom. The van der Waals surface area contributed by atoms with E-state index in [-0.39, 0.29) is 0 Å². The summed E-state index contributed by atoms with van der Waals surface area (Å²) in [5.41, 5.74) is 0.436. The van der Waals surface area contributed by atoms with Crippen molar-refractivity contribution in [3.05, 3.63) is 0 Å². The topological polar surface area (TPSA) is 24.5 Å². The highest BCUT2D eigenvalue weighted by Crippen LogP contribution is 2.39. The van der Waals surface area contributed by atoms with Crippen LogP contribution < -0.4 is 5.32 Å². The van der Waals surface area contributed by atoms with Crippen molar-refractivity contribution in [1.82, 2.24) is 10.2 Å². The lowest BCUT2D eigenvalue weighted by Gasteiger charge is -2.46. The molecule has 2 aliphatic rings. The van der Waals surface area contributed by atoms with Gasteiger partial charge in [-0.3, -0.25) is 0 Å². The van der Waals surface area contributed by atoms with Crippen molar-refractivity contribution in [2.24, 2.45) is 17.3 Å². The molecule has 1 saturated carbocycles. The first-order chi connectivity index (χ1) is 9.91. The van der Waals surface area contributed by atoms with Crippen LogP contribution in [0.2, 0.25) is 0 Å². The molecular weight excluding hydrogens is 260 g/mol. The molecule has 0 radical (unpaired) electrons. The van der Waals surface area contributed by atoms with Crippen molar-refractivity contribution >= 4 is 0 Å². The minimum atomic E-state index is 0.436. The predicted octanol–water partition coefficient (Wildman–Crippen LogP) is 3.15. The van der Waals surface area contributed by atoms with E-state index >= 15 is 0 Å². The van der Waals surface area contributed by atoms with Crippen molar-refractivity contribution in [1.29, 1.82) is 0 Å². The minimum Gasteiger partial charge on any atom is -0.381 e. The Morgan fingerprint density at radius 1 is 1.19 bits per heavy atom. The van der Waals surface area contributed by atoms with Gasteiger partial charge < -0.3 is 15.0 Å². The maximum absolute atomic E-state index is 5.66. The fraction of sp³-hybridized carbons (Fsp3) is 1.00. The quantitative estimate of drug-likeness (QED) is 0.862. The molecule has 21 heavy (non-hydrogen) atoms. The van der Waals surface area contributed by atoms with E-state index < -0.39 is 0 Å². The molecule has 0 amide bonds. The van der Waals surface area contributed by atoms with E-state index in [4.69, 9.17) is 4.74 Å². The normalized spacial score (nSPS) is 35.1. The molecule has 0 bridgehead atoms. The Hall–Kier alpha value is -0.120. The Bertz CT molecular complexity index is 307. The SMILES string of the molecule is CNC1CCC(C(C)(C)C)CC1N(C)CC1CCCOC1. The Kier molecular flexibility index (Phi) is 6.10. The molecule has 124 valence electrons. The second kappa shape index (κ2) is 7.43. The summed E-state index contributed by atoms with van der Waals surface area (Å²) in [7, 11) is 4.46. The predicted molar refractivity (Wildman–Crippen MR) is 89.6 cm³/mol. The lowest BCUT2D eigenvalue weighted by Crippen LogP contribution is -2.53. The van der Waals surface area contributed by atoms with Gasteiger partial charge in [-0.25, -0.2) is 0 Å². The number of ether oxygens (including phenoxy) is 1. The molecule has 3 nitrogen and oxygen atoms in total. The van der Waals surface area contributed by atoms with Gasteiger partial charge in [-0.15, -0.1) is 0 Å². The van der Waals surface area contributed by atoms with Gasteiger partial charge in [0.2, 0.25) is 0 Å². The largest absolute Gasteiger partial charge is 0.381 e. The molecule has 4 unspecified atom stereocenters. The highest BCUT2D eigenvalue weighted by Gasteiger charge is 2.37. The zero-order valence-corrected chi connectivity index (χ0v) is 14.8. The molecule has 2 rings (SSSR count). The second-order valence-corrected chi connectivity index (χ2v) is 8.36. The number of rotatable bonds is 4. The molecular formula is C18H36N2O. The molecule has 3 heteroatoms. The number of nitrogens with zero attached hydrogens (tertiary/aromatic N) is 1. The summed E-state index contributed by atoms with van der Waals surface area (Å²) in [6.07, 6.45) is 6.59. The van der Waals surface area contributed by atoms with E-state index in [1.54, 1.807) is 0 Å². The van der Waals surface area contributed by atoms with E-state index in [2.05, 4.69) is 45.1 Å². The first kappa shape index (κ1) is 17.2. The molecule has 1 heterocycles. The van der Waals surface area contributed by atoms with Gasteiger partial charge >= 0.3 is 0 Å². The molecule has 4 atom stereocenters. The monoisotopic (exact) mass is 296 g/mol. The smallest absolute Gasteiger partial charge is 0.0506 e. The average molecular weight is 296 g/mol. The van der Waals surface area contributed by atoms with Gasteiger partial charge in [0.1, 0.15) is 0 Å². The van der Waals surface area contributed by atoms with Crippen molar-refractivity contribution in [2.45, 2.75) is 65.0 Å². The van der Waals surface area contributed by atoms with Gasteiger partial charge in [-0.2, -0.15) is 0 Å². The number of likely N-dealkylation sites (N-methyl/N-ethyl adjacent to an activating group) is 2. The fourth-order valence-electron chi connectivity index (χ4n) is 4.25. The standard InChI is InChI=1S/C18H36N2O/c1-18(2,3)15-8-9-16(19-4)17(11-15)20(5)12-14-7-6-10-21-13-14/h14-17,19H,6-13H2,1-5H3. The fourth-order valence-corrected chi connectivity index (χ4v) is 4.25. The molecule has 0 aromatic heterocycles. The van der Waals surface area contributed by atoms with Crippen LogP contribution in [-0.4, -0.2) is 50.8 Å². The lowest BCUT2D eigenvalue weighted by atomic mass is 9.69. The molecule has 1 aliphatic heterocycles. The molecule has 0 aromatic carbocycles. The van der Waals surface area contributed by atoms with Crippen LogP contribution in [0.3, 0.4) is 0 Å². The highest BCUT2D eigenvalue weighted by molar-refractivity contribution is 4.93. The summed E-state index contributed by atoms with van der Waals surface area (Å²) in [4.78, 5) is 2.62. The number of hydrogen-bond acceptors (Lipinski definition) is 3. The van der Waals surface area contributed by atoms with Crippen LogP contribution in [-0.2, 0) is 4.74 Å². The maximum Gasteiger partial charge on any atom is 0.0506 e. The van der Waals surface area contributed by atoms with Crippen molar-refractivity contribution in [3.8, 4) is 0 Å². The summed E-state index contributed by atoms with van der Waals surface area (Å²) in [5, 5.41) is 3.57. The Labute approximate surface area is 131 Å². The Morgan fingerprint density at radius 3 is 2.52 bits per heavy atom. The summed E-state index contributed by atoms with van der Waals surface area (Å²) in [6, 6.07) is 1.33. The number of nitrogens with one attached hydrogen (secondary N) is 1. The van der Waals surface area contributed by atoms with Crippen LogP contribution in [0.1, 0.15) is 52.9 Å². The van der Waals surface area contributed by atoms with Crippen LogP contribution >= 0.6 is 0 Å². The zero-order valence-electron chi connectivity index (χ0n) is 14.8. The van der Waals surface area contributed by atoms with Crippen LogP contribution in [0, 0.1) is 17.3 Å².